The summed E-state index contributed by atoms with van der Waals surface area (Å²) in [5.74, 6) is 3.76. The fraction of sp³-hybridized carbons (Fsp3) is 0.429. The quantitative estimate of drug-likeness (QED) is 0.718. The molecule has 0 saturated carbocycles. The Morgan fingerprint density at radius 3 is 2.38 bits per heavy atom. The topological polar surface area (TPSA) is 12.5 Å². The molecule has 0 radical (unpaired) electrons. The van der Waals surface area contributed by atoms with Crippen molar-refractivity contribution in [2.45, 2.75) is 18.9 Å². The monoisotopic (exact) mass is 215 g/mol. The van der Waals surface area contributed by atoms with E-state index in [0.29, 0.717) is 0 Å². The van der Waals surface area contributed by atoms with Gasteiger partial charge >= 0.3 is 0 Å². The third-order valence-corrected chi connectivity index (χ3v) is 3.10. The molecular weight excluding hydrogens is 198 g/mol. The first-order chi connectivity index (χ1) is 7.85. The number of terminal acetylenes is 1. The van der Waals surface area contributed by atoms with E-state index in [4.69, 9.17) is 11.2 Å². The van der Waals surface area contributed by atoms with Gasteiger partial charge in [0.2, 0.25) is 0 Å². The standard InChI is InChI=1S/C14H17NO/c1-3-14(15-10-4-5-11-15)12-6-8-13(16-2)9-7-12/h1,6-9,14H,4-5,10-11H2,2H3. The van der Waals surface area contributed by atoms with E-state index in [9.17, 15) is 0 Å². The van der Waals surface area contributed by atoms with E-state index >= 15 is 0 Å². The van der Waals surface area contributed by atoms with Gasteiger partial charge in [-0.1, -0.05) is 18.1 Å². The van der Waals surface area contributed by atoms with Crippen LogP contribution in [0, 0.1) is 12.3 Å². The molecular formula is C14H17NO. The van der Waals surface area contributed by atoms with Crippen molar-refractivity contribution in [2.75, 3.05) is 20.2 Å². The number of benzene rings is 1. The highest BCUT2D eigenvalue weighted by atomic mass is 16.5. The van der Waals surface area contributed by atoms with Gasteiger partial charge in [-0.2, -0.15) is 0 Å². The maximum absolute atomic E-state index is 5.63. The summed E-state index contributed by atoms with van der Waals surface area (Å²) in [4.78, 5) is 2.36. The number of methoxy groups -OCH3 is 1. The molecule has 1 saturated heterocycles. The third kappa shape index (κ3) is 2.20. The smallest absolute Gasteiger partial charge is 0.118 e. The van der Waals surface area contributed by atoms with Crippen LogP contribution in [0.15, 0.2) is 24.3 Å². The Kier molecular flexibility index (Phi) is 3.48. The SMILES string of the molecule is C#CC(c1ccc(OC)cc1)N1CCCC1. The average molecular weight is 215 g/mol. The summed E-state index contributed by atoms with van der Waals surface area (Å²) < 4.78 is 5.14. The van der Waals surface area contributed by atoms with Crippen LogP contribution in [0.3, 0.4) is 0 Å². The highest BCUT2D eigenvalue weighted by Crippen LogP contribution is 2.25. The summed E-state index contributed by atoms with van der Waals surface area (Å²) in [6.07, 6.45) is 8.15. The summed E-state index contributed by atoms with van der Waals surface area (Å²) in [6.45, 7) is 2.22. The Labute approximate surface area is 97.2 Å². The Morgan fingerprint density at radius 1 is 1.25 bits per heavy atom. The molecule has 0 aliphatic carbocycles. The van der Waals surface area contributed by atoms with Gasteiger partial charge in [0, 0.05) is 0 Å². The first kappa shape index (κ1) is 11.0. The molecule has 1 heterocycles. The van der Waals surface area contributed by atoms with E-state index in [-0.39, 0.29) is 6.04 Å². The van der Waals surface area contributed by atoms with E-state index in [0.717, 1.165) is 18.8 Å². The van der Waals surface area contributed by atoms with Crippen molar-refractivity contribution in [3.8, 4) is 18.1 Å². The molecule has 84 valence electrons. The molecule has 2 heteroatoms. The molecule has 1 aromatic carbocycles. The molecule has 1 aliphatic rings. The largest absolute Gasteiger partial charge is 0.497 e. The van der Waals surface area contributed by atoms with Crippen molar-refractivity contribution in [2.24, 2.45) is 0 Å². The van der Waals surface area contributed by atoms with Crippen molar-refractivity contribution in [1.82, 2.24) is 4.90 Å². The summed E-state index contributed by atoms with van der Waals surface area (Å²) in [5.41, 5.74) is 1.19. The van der Waals surface area contributed by atoms with Crippen molar-refractivity contribution < 1.29 is 4.74 Å². The van der Waals surface area contributed by atoms with Gasteiger partial charge in [0.05, 0.1) is 13.2 Å². The molecule has 0 N–H and O–H groups in total. The number of likely N-dealkylation sites (tertiary alicyclic amines) is 1. The molecule has 0 aromatic heterocycles. The lowest BCUT2D eigenvalue weighted by molar-refractivity contribution is 0.296. The van der Waals surface area contributed by atoms with Gasteiger partial charge in [-0.3, -0.25) is 4.90 Å². The van der Waals surface area contributed by atoms with Gasteiger partial charge < -0.3 is 4.74 Å². The second-order valence-electron chi connectivity index (χ2n) is 4.09. The Hall–Kier alpha value is -1.46. The lowest BCUT2D eigenvalue weighted by atomic mass is 10.1. The molecule has 1 aliphatic heterocycles. The van der Waals surface area contributed by atoms with Crippen LogP contribution in [0.4, 0.5) is 0 Å². The lowest BCUT2D eigenvalue weighted by Crippen LogP contribution is -2.24. The fourth-order valence-corrected chi connectivity index (χ4v) is 2.20. The van der Waals surface area contributed by atoms with E-state index in [1.54, 1.807) is 7.11 Å². The van der Waals surface area contributed by atoms with Crippen LogP contribution in [0.25, 0.3) is 0 Å². The first-order valence-electron chi connectivity index (χ1n) is 5.69. The number of ether oxygens (including phenoxy) is 1. The van der Waals surface area contributed by atoms with Crippen LogP contribution in [0.5, 0.6) is 5.75 Å². The van der Waals surface area contributed by atoms with E-state index in [1.807, 2.05) is 12.1 Å². The number of nitrogens with zero attached hydrogens (tertiary/aromatic N) is 1. The summed E-state index contributed by atoms with van der Waals surface area (Å²) >= 11 is 0. The van der Waals surface area contributed by atoms with Gasteiger partial charge in [-0.15, -0.1) is 6.42 Å². The molecule has 1 atom stereocenters. The van der Waals surface area contributed by atoms with Crippen LogP contribution < -0.4 is 4.74 Å². The van der Waals surface area contributed by atoms with Gasteiger partial charge in [0.15, 0.2) is 0 Å². The molecule has 1 aromatic rings. The maximum atomic E-state index is 5.63. The Balaban J connectivity index is 2.16. The first-order valence-corrected chi connectivity index (χ1v) is 5.69. The van der Waals surface area contributed by atoms with E-state index < -0.39 is 0 Å². The van der Waals surface area contributed by atoms with Crippen molar-refractivity contribution in [3.63, 3.8) is 0 Å². The Morgan fingerprint density at radius 2 is 1.88 bits per heavy atom. The fourth-order valence-electron chi connectivity index (χ4n) is 2.20. The van der Waals surface area contributed by atoms with Crippen molar-refractivity contribution in [3.05, 3.63) is 29.8 Å². The molecule has 1 fully saturated rings. The van der Waals surface area contributed by atoms with Gasteiger partial charge in [-0.25, -0.2) is 0 Å². The molecule has 2 nitrogen and oxygen atoms in total. The highest BCUT2D eigenvalue weighted by molar-refractivity contribution is 5.32. The molecule has 0 spiro atoms. The minimum Gasteiger partial charge on any atom is -0.497 e. The molecule has 2 rings (SSSR count). The van der Waals surface area contributed by atoms with Gasteiger partial charge in [0.25, 0.3) is 0 Å². The summed E-state index contributed by atoms with van der Waals surface area (Å²) in [6, 6.07) is 8.17. The molecule has 0 bridgehead atoms. The predicted molar refractivity (Wildman–Crippen MR) is 65.4 cm³/mol. The minimum absolute atomic E-state index is 0.119. The van der Waals surface area contributed by atoms with Crippen molar-refractivity contribution >= 4 is 0 Å². The Bertz CT molecular complexity index is 371. The van der Waals surface area contributed by atoms with Gasteiger partial charge in [-0.05, 0) is 43.6 Å². The number of hydrogen-bond donors (Lipinski definition) is 0. The van der Waals surface area contributed by atoms with Crippen LogP contribution in [0.2, 0.25) is 0 Å². The molecule has 0 amide bonds. The number of hydrogen-bond acceptors (Lipinski definition) is 2. The highest BCUT2D eigenvalue weighted by Gasteiger charge is 2.21. The minimum atomic E-state index is 0.119. The van der Waals surface area contributed by atoms with E-state index in [1.165, 1.54) is 18.4 Å². The van der Waals surface area contributed by atoms with Crippen LogP contribution in [-0.4, -0.2) is 25.1 Å². The average Bonchev–Trinajstić information content (AvgIpc) is 2.85. The van der Waals surface area contributed by atoms with Crippen LogP contribution in [0.1, 0.15) is 24.4 Å². The predicted octanol–water partition coefficient (Wildman–Crippen LogP) is 2.47. The number of rotatable bonds is 3. The zero-order chi connectivity index (χ0) is 11.4. The van der Waals surface area contributed by atoms with Crippen molar-refractivity contribution in [1.29, 1.82) is 0 Å². The molecule has 16 heavy (non-hydrogen) atoms. The second-order valence-corrected chi connectivity index (χ2v) is 4.09. The zero-order valence-electron chi connectivity index (χ0n) is 9.65. The van der Waals surface area contributed by atoms with Crippen LogP contribution >= 0.6 is 0 Å². The second kappa shape index (κ2) is 5.05. The summed E-state index contributed by atoms with van der Waals surface area (Å²) in [7, 11) is 1.67. The maximum Gasteiger partial charge on any atom is 0.118 e. The third-order valence-electron chi connectivity index (χ3n) is 3.10. The van der Waals surface area contributed by atoms with Crippen LogP contribution in [-0.2, 0) is 0 Å². The van der Waals surface area contributed by atoms with Gasteiger partial charge in [0.1, 0.15) is 5.75 Å². The lowest BCUT2D eigenvalue weighted by Gasteiger charge is -2.23. The summed E-state index contributed by atoms with van der Waals surface area (Å²) in [5, 5.41) is 0. The zero-order valence-corrected chi connectivity index (χ0v) is 9.65. The normalized spacial score (nSPS) is 18.0. The molecule has 1 unspecified atom stereocenters. The van der Waals surface area contributed by atoms with E-state index in [2.05, 4.69) is 23.0 Å².